The summed E-state index contributed by atoms with van der Waals surface area (Å²) in [4.78, 5) is 35.2. The van der Waals surface area contributed by atoms with E-state index in [0.717, 1.165) is 12.8 Å². The number of amides is 2. The third-order valence-corrected chi connectivity index (χ3v) is 4.21. The van der Waals surface area contributed by atoms with Crippen LogP contribution in [0.3, 0.4) is 0 Å². The normalized spacial score (nSPS) is 10.2. The molecule has 0 atom stereocenters. The highest BCUT2D eigenvalue weighted by Crippen LogP contribution is 2.30. The van der Waals surface area contributed by atoms with Crippen LogP contribution in [0.2, 0.25) is 0 Å². The summed E-state index contributed by atoms with van der Waals surface area (Å²) in [6, 6.07) is 8.81. The van der Waals surface area contributed by atoms with E-state index in [4.69, 9.17) is 9.47 Å². The zero-order valence-electron chi connectivity index (χ0n) is 17.2. The Kier molecular flexibility index (Phi) is 8.16. The molecule has 0 aromatic heterocycles. The Balaban J connectivity index is 2.17. The van der Waals surface area contributed by atoms with E-state index in [1.54, 1.807) is 25.1 Å². The quantitative estimate of drug-likeness (QED) is 0.439. The van der Waals surface area contributed by atoms with Gasteiger partial charge in [0, 0.05) is 29.8 Å². The number of unbranched alkanes of at least 4 members (excludes halogenated alkanes) is 1. The van der Waals surface area contributed by atoms with E-state index >= 15 is 0 Å². The van der Waals surface area contributed by atoms with Gasteiger partial charge in [-0.1, -0.05) is 13.3 Å². The number of nitrogens with zero attached hydrogens (tertiary/aromatic N) is 1. The van der Waals surface area contributed by atoms with Crippen molar-refractivity contribution >= 4 is 28.9 Å². The lowest BCUT2D eigenvalue weighted by Gasteiger charge is -2.13. The third-order valence-electron chi connectivity index (χ3n) is 4.21. The summed E-state index contributed by atoms with van der Waals surface area (Å²) in [6.07, 6.45) is 2.12. The van der Waals surface area contributed by atoms with Crippen LogP contribution < -0.4 is 20.1 Å². The molecule has 0 aliphatic carbocycles. The monoisotopic (exact) mass is 415 g/mol. The number of hydrogen-bond donors (Lipinski definition) is 2. The molecule has 0 radical (unpaired) electrons. The van der Waals surface area contributed by atoms with Crippen LogP contribution in [-0.4, -0.2) is 30.5 Å². The standard InChI is InChI=1S/C21H25N3O6/c1-4-6-7-20(25)23-16-10-9-15(13-19(16)29-3)22-21(26)14-8-11-18(30-5-2)17(12-14)24(27)28/h8-13H,4-7H2,1-3H3,(H,22,26)(H,23,25). The van der Waals surface area contributed by atoms with E-state index in [9.17, 15) is 19.7 Å². The number of methoxy groups -OCH3 is 1. The Bertz CT molecular complexity index is 929. The number of carbonyl (C=O) groups is 2. The molecule has 160 valence electrons. The van der Waals surface area contributed by atoms with E-state index < -0.39 is 10.8 Å². The summed E-state index contributed by atoms with van der Waals surface area (Å²) in [5.41, 5.74) is 0.738. The van der Waals surface area contributed by atoms with Crippen LogP contribution in [0.5, 0.6) is 11.5 Å². The van der Waals surface area contributed by atoms with Crippen LogP contribution >= 0.6 is 0 Å². The number of nitro groups is 1. The van der Waals surface area contributed by atoms with Crippen LogP contribution in [0.25, 0.3) is 0 Å². The summed E-state index contributed by atoms with van der Waals surface area (Å²) in [5.74, 6) is -0.157. The average molecular weight is 415 g/mol. The van der Waals surface area contributed by atoms with E-state index in [1.165, 1.54) is 25.3 Å². The Morgan fingerprint density at radius 1 is 1.07 bits per heavy atom. The predicted molar refractivity (Wildman–Crippen MR) is 113 cm³/mol. The number of ether oxygens (including phenoxy) is 2. The second-order valence-electron chi connectivity index (χ2n) is 6.39. The molecule has 0 spiro atoms. The van der Waals surface area contributed by atoms with Crippen molar-refractivity contribution in [1.29, 1.82) is 0 Å². The van der Waals surface area contributed by atoms with Crippen LogP contribution in [0.1, 0.15) is 43.5 Å². The Morgan fingerprint density at radius 2 is 1.83 bits per heavy atom. The number of nitro benzene ring substituents is 1. The second kappa shape index (κ2) is 10.8. The van der Waals surface area contributed by atoms with Crippen LogP contribution in [0, 0.1) is 10.1 Å². The second-order valence-corrected chi connectivity index (χ2v) is 6.39. The van der Waals surface area contributed by atoms with Crippen molar-refractivity contribution in [2.24, 2.45) is 0 Å². The van der Waals surface area contributed by atoms with Crippen molar-refractivity contribution in [1.82, 2.24) is 0 Å². The molecule has 0 saturated carbocycles. The number of benzene rings is 2. The highest BCUT2D eigenvalue weighted by molar-refractivity contribution is 6.05. The van der Waals surface area contributed by atoms with Gasteiger partial charge in [-0.3, -0.25) is 19.7 Å². The van der Waals surface area contributed by atoms with Crippen molar-refractivity contribution in [2.75, 3.05) is 24.4 Å². The molecule has 30 heavy (non-hydrogen) atoms. The van der Waals surface area contributed by atoms with Gasteiger partial charge in [-0.15, -0.1) is 0 Å². The molecule has 0 unspecified atom stereocenters. The van der Waals surface area contributed by atoms with E-state index in [2.05, 4.69) is 10.6 Å². The lowest BCUT2D eigenvalue weighted by atomic mass is 10.1. The maximum atomic E-state index is 12.6. The first kappa shape index (κ1) is 22.7. The Morgan fingerprint density at radius 3 is 2.47 bits per heavy atom. The van der Waals surface area contributed by atoms with Gasteiger partial charge in [-0.2, -0.15) is 0 Å². The van der Waals surface area contributed by atoms with Crippen LogP contribution in [-0.2, 0) is 4.79 Å². The highest BCUT2D eigenvalue weighted by atomic mass is 16.6. The first-order valence-corrected chi connectivity index (χ1v) is 9.60. The molecule has 0 fully saturated rings. The van der Waals surface area contributed by atoms with Gasteiger partial charge in [-0.05, 0) is 37.6 Å². The van der Waals surface area contributed by atoms with Gasteiger partial charge < -0.3 is 20.1 Å². The minimum atomic E-state index is -0.596. The first-order valence-electron chi connectivity index (χ1n) is 9.60. The number of hydrogen-bond acceptors (Lipinski definition) is 6. The lowest BCUT2D eigenvalue weighted by molar-refractivity contribution is -0.385. The molecule has 0 saturated heterocycles. The minimum Gasteiger partial charge on any atom is -0.494 e. The predicted octanol–water partition coefficient (Wildman–Crippen LogP) is 4.38. The van der Waals surface area contributed by atoms with Gasteiger partial charge >= 0.3 is 5.69 Å². The van der Waals surface area contributed by atoms with Gasteiger partial charge in [0.15, 0.2) is 5.75 Å². The molecule has 0 bridgehead atoms. The maximum absolute atomic E-state index is 12.6. The van der Waals surface area contributed by atoms with Gasteiger partial charge in [0.1, 0.15) is 5.75 Å². The SMILES string of the molecule is CCCCC(=O)Nc1ccc(NC(=O)c2ccc(OCC)c([N+](=O)[O-])c2)cc1OC. The summed E-state index contributed by atoms with van der Waals surface area (Å²) in [7, 11) is 1.46. The molecule has 2 N–H and O–H groups in total. The molecule has 2 amide bonds. The fourth-order valence-electron chi connectivity index (χ4n) is 2.70. The highest BCUT2D eigenvalue weighted by Gasteiger charge is 2.19. The molecule has 2 rings (SSSR count). The number of nitrogens with one attached hydrogen (secondary N) is 2. The van der Waals surface area contributed by atoms with E-state index in [1.807, 2.05) is 6.92 Å². The van der Waals surface area contributed by atoms with E-state index in [0.29, 0.717) is 23.5 Å². The lowest BCUT2D eigenvalue weighted by Crippen LogP contribution is -2.14. The Hall–Kier alpha value is -3.62. The molecule has 0 aliphatic heterocycles. The van der Waals surface area contributed by atoms with Gasteiger partial charge in [0.05, 0.1) is 24.3 Å². The van der Waals surface area contributed by atoms with Gasteiger partial charge in [0.25, 0.3) is 5.91 Å². The van der Waals surface area contributed by atoms with Crippen molar-refractivity contribution in [3.05, 3.63) is 52.1 Å². The topological polar surface area (TPSA) is 120 Å². The Labute approximate surface area is 174 Å². The maximum Gasteiger partial charge on any atom is 0.311 e. The zero-order valence-corrected chi connectivity index (χ0v) is 17.2. The first-order chi connectivity index (χ1) is 14.4. The average Bonchev–Trinajstić information content (AvgIpc) is 2.73. The third kappa shape index (κ3) is 5.94. The number of carbonyl (C=O) groups excluding carboxylic acids is 2. The van der Waals surface area contributed by atoms with Gasteiger partial charge in [0.2, 0.25) is 5.91 Å². The fourth-order valence-corrected chi connectivity index (χ4v) is 2.70. The minimum absolute atomic E-state index is 0.101. The summed E-state index contributed by atoms with van der Waals surface area (Å²) in [6.45, 7) is 3.99. The van der Waals surface area contributed by atoms with Gasteiger partial charge in [-0.25, -0.2) is 0 Å². The van der Waals surface area contributed by atoms with Crippen molar-refractivity contribution in [3.63, 3.8) is 0 Å². The van der Waals surface area contributed by atoms with Crippen LogP contribution in [0.15, 0.2) is 36.4 Å². The summed E-state index contributed by atoms with van der Waals surface area (Å²) >= 11 is 0. The van der Waals surface area contributed by atoms with E-state index in [-0.39, 0.29) is 29.5 Å². The molecule has 9 nitrogen and oxygen atoms in total. The number of rotatable bonds is 10. The molecule has 0 heterocycles. The molecular weight excluding hydrogens is 390 g/mol. The molecule has 9 heteroatoms. The summed E-state index contributed by atoms with van der Waals surface area (Å²) in [5, 5.41) is 16.7. The molecule has 0 aliphatic rings. The molecule has 2 aromatic carbocycles. The smallest absolute Gasteiger partial charge is 0.311 e. The van der Waals surface area contributed by atoms with Crippen molar-refractivity contribution in [2.45, 2.75) is 33.1 Å². The zero-order chi connectivity index (χ0) is 22.1. The summed E-state index contributed by atoms with van der Waals surface area (Å²) < 4.78 is 10.5. The van der Waals surface area contributed by atoms with Crippen LogP contribution in [0.4, 0.5) is 17.1 Å². The fraction of sp³-hybridized carbons (Fsp3) is 0.333. The number of anilines is 2. The largest absolute Gasteiger partial charge is 0.494 e. The van der Waals surface area contributed by atoms with Crippen molar-refractivity contribution in [3.8, 4) is 11.5 Å². The van der Waals surface area contributed by atoms with Crippen molar-refractivity contribution < 1.29 is 24.0 Å². The molecular formula is C21H25N3O6. The molecule has 2 aromatic rings.